The van der Waals surface area contributed by atoms with Gasteiger partial charge in [-0.1, -0.05) is 23.7 Å². The summed E-state index contributed by atoms with van der Waals surface area (Å²) in [5.41, 5.74) is 9.40. The predicted molar refractivity (Wildman–Crippen MR) is 76.1 cm³/mol. The highest BCUT2D eigenvalue weighted by Crippen LogP contribution is 2.28. The lowest BCUT2D eigenvalue weighted by Crippen LogP contribution is -2.01. The zero-order chi connectivity index (χ0) is 14.0. The molecule has 2 aromatic carbocycles. The van der Waals surface area contributed by atoms with Crippen molar-refractivity contribution in [2.45, 2.75) is 20.5 Å². The van der Waals surface area contributed by atoms with Crippen molar-refractivity contribution in [1.29, 1.82) is 0 Å². The smallest absolute Gasteiger partial charge is 0.145 e. The molecular formula is C15H15ClFNO. The number of anilines is 1. The highest BCUT2D eigenvalue weighted by Gasteiger charge is 2.07. The van der Waals surface area contributed by atoms with Crippen LogP contribution in [0.15, 0.2) is 30.3 Å². The Hall–Kier alpha value is -1.74. The Bertz CT molecular complexity index is 590. The number of rotatable bonds is 3. The van der Waals surface area contributed by atoms with Crippen LogP contribution in [0.5, 0.6) is 5.75 Å². The molecule has 0 aliphatic carbocycles. The van der Waals surface area contributed by atoms with Crippen LogP contribution in [0.3, 0.4) is 0 Å². The molecule has 0 radical (unpaired) electrons. The molecule has 0 heterocycles. The van der Waals surface area contributed by atoms with E-state index >= 15 is 0 Å². The van der Waals surface area contributed by atoms with E-state index in [1.807, 2.05) is 26.0 Å². The number of nitrogens with two attached hydrogens (primary N) is 1. The Morgan fingerprint density at radius 3 is 2.58 bits per heavy atom. The van der Waals surface area contributed by atoms with Crippen LogP contribution in [0.1, 0.15) is 16.7 Å². The Morgan fingerprint density at radius 2 is 1.95 bits per heavy atom. The molecule has 0 atom stereocenters. The summed E-state index contributed by atoms with van der Waals surface area (Å²) in [5.74, 6) is 0.225. The zero-order valence-electron chi connectivity index (χ0n) is 10.8. The maximum atomic E-state index is 13.0. The van der Waals surface area contributed by atoms with Crippen LogP contribution in [0, 0.1) is 19.7 Å². The van der Waals surface area contributed by atoms with Crippen LogP contribution < -0.4 is 10.5 Å². The third-order valence-electron chi connectivity index (χ3n) is 2.81. The molecule has 2 nitrogen and oxygen atoms in total. The van der Waals surface area contributed by atoms with E-state index in [1.165, 1.54) is 6.07 Å². The molecule has 0 saturated heterocycles. The number of ether oxygens (including phenoxy) is 1. The first-order valence-corrected chi connectivity index (χ1v) is 6.28. The molecule has 0 aromatic heterocycles. The normalized spacial score (nSPS) is 10.5. The number of benzene rings is 2. The second-order valence-corrected chi connectivity index (χ2v) is 4.94. The first-order chi connectivity index (χ1) is 8.97. The molecule has 0 fully saturated rings. The molecule has 0 aliphatic rings. The molecule has 0 unspecified atom stereocenters. The first-order valence-electron chi connectivity index (χ1n) is 5.91. The summed E-state index contributed by atoms with van der Waals surface area (Å²) < 4.78 is 18.7. The van der Waals surface area contributed by atoms with Crippen LogP contribution in [0.4, 0.5) is 10.1 Å². The van der Waals surface area contributed by atoms with Gasteiger partial charge in [0.05, 0.1) is 10.7 Å². The summed E-state index contributed by atoms with van der Waals surface area (Å²) in [4.78, 5) is 0. The zero-order valence-corrected chi connectivity index (χ0v) is 11.6. The van der Waals surface area contributed by atoms with Gasteiger partial charge >= 0.3 is 0 Å². The molecule has 100 valence electrons. The number of aryl methyl sites for hydroxylation is 2. The van der Waals surface area contributed by atoms with Crippen molar-refractivity contribution < 1.29 is 9.13 Å². The Morgan fingerprint density at radius 1 is 1.21 bits per heavy atom. The van der Waals surface area contributed by atoms with Crippen molar-refractivity contribution in [1.82, 2.24) is 0 Å². The van der Waals surface area contributed by atoms with Gasteiger partial charge in [0, 0.05) is 0 Å². The first kappa shape index (κ1) is 13.7. The van der Waals surface area contributed by atoms with Gasteiger partial charge < -0.3 is 10.5 Å². The molecule has 0 bridgehead atoms. The van der Waals surface area contributed by atoms with E-state index in [2.05, 4.69) is 0 Å². The maximum Gasteiger partial charge on any atom is 0.145 e. The van der Waals surface area contributed by atoms with Crippen molar-refractivity contribution in [3.05, 3.63) is 57.9 Å². The lowest BCUT2D eigenvalue weighted by Gasteiger charge is -2.13. The minimum absolute atomic E-state index is 0.0923. The van der Waals surface area contributed by atoms with Crippen molar-refractivity contribution in [2.24, 2.45) is 0 Å². The van der Waals surface area contributed by atoms with Gasteiger partial charge in [-0.2, -0.15) is 0 Å². The molecule has 0 spiro atoms. The molecule has 19 heavy (non-hydrogen) atoms. The van der Waals surface area contributed by atoms with Gasteiger partial charge in [-0.25, -0.2) is 4.39 Å². The third kappa shape index (κ3) is 3.18. The van der Waals surface area contributed by atoms with Gasteiger partial charge in [0.2, 0.25) is 0 Å². The second-order valence-electron chi connectivity index (χ2n) is 4.54. The summed E-state index contributed by atoms with van der Waals surface area (Å²) in [5, 5.41) is 0.0923. The molecule has 2 N–H and O–H groups in total. The summed E-state index contributed by atoms with van der Waals surface area (Å²) in [7, 11) is 0. The molecule has 0 saturated carbocycles. The van der Waals surface area contributed by atoms with E-state index in [4.69, 9.17) is 22.1 Å². The number of hydrogen-bond acceptors (Lipinski definition) is 2. The lowest BCUT2D eigenvalue weighted by molar-refractivity contribution is 0.305. The Balaban J connectivity index is 2.16. The second kappa shape index (κ2) is 5.49. The number of nitrogen functional groups attached to an aromatic ring is 1. The standard InChI is InChI=1S/C15H15ClFNO/c1-9-5-10(2)15(14(18)6-9)19-8-11-3-4-13(17)12(16)7-11/h3-7H,8,18H2,1-2H3. The van der Waals surface area contributed by atoms with Crippen LogP contribution in [-0.4, -0.2) is 0 Å². The summed E-state index contributed by atoms with van der Waals surface area (Å²) >= 11 is 5.72. The average molecular weight is 280 g/mol. The molecular weight excluding hydrogens is 265 g/mol. The quantitative estimate of drug-likeness (QED) is 0.852. The monoisotopic (exact) mass is 279 g/mol. The van der Waals surface area contributed by atoms with Crippen molar-refractivity contribution >= 4 is 17.3 Å². The minimum atomic E-state index is -0.434. The molecule has 2 aromatic rings. The van der Waals surface area contributed by atoms with Gasteiger partial charge in [-0.15, -0.1) is 0 Å². The highest BCUT2D eigenvalue weighted by molar-refractivity contribution is 6.30. The van der Waals surface area contributed by atoms with Crippen LogP contribution >= 0.6 is 11.6 Å². The molecule has 0 amide bonds. The van der Waals surface area contributed by atoms with E-state index in [0.717, 1.165) is 16.7 Å². The molecule has 4 heteroatoms. The lowest BCUT2D eigenvalue weighted by atomic mass is 10.1. The van der Waals surface area contributed by atoms with E-state index in [1.54, 1.807) is 12.1 Å². The van der Waals surface area contributed by atoms with E-state index in [-0.39, 0.29) is 5.02 Å². The SMILES string of the molecule is Cc1cc(C)c(OCc2ccc(F)c(Cl)c2)c(N)c1. The largest absolute Gasteiger partial charge is 0.486 e. The van der Waals surface area contributed by atoms with Crippen molar-refractivity contribution in [3.63, 3.8) is 0 Å². The minimum Gasteiger partial charge on any atom is -0.486 e. The van der Waals surface area contributed by atoms with Gasteiger partial charge in [-0.05, 0) is 48.7 Å². The van der Waals surface area contributed by atoms with Gasteiger partial charge in [0.25, 0.3) is 0 Å². The van der Waals surface area contributed by atoms with E-state index < -0.39 is 5.82 Å². The van der Waals surface area contributed by atoms with E-state index in [9.17, 15) is 4.39 Å². The summed E-state index contributed by atoms with van der Waals surface area (Å²) in [6, 6.07) is 8.38. The average Bonchev–Trinajstić information content (AvgIpc) is 2.32. The summed E-state index contributed by atoms with van der Waals surface area (Å²) in [6.45, 7) is 4.22. The molecule has 2 rings (SSSR count). The number of hydrogen-bond donors (Lipinski definition) is 1. The van der Waals surface area contributed by atoms with Crippen LogP contribution in [0.25, 0.3) is 0 Å². The third-order valence-corrected chi connectivity index (χ3v) is 3.10. The highest BCUT2D eigenvalue weighted by atomic mass is 35.5. The fourth-order valence-electron chi connectivity index (χ4n) is 1.97. The fraction of sp³-hybridized carbons (Fsp3) is 0.200. The van der Waals surface area contributed by atoms with Gasteiger partial charge in [0.15, 0.2) is 0 Å². The number of halogens is 2. The predicted octanol–water partition coefficient (Wildman–Crippen LogP) is 4.26. The maximum absolute atomic E-state index is 13.0. The fourth-order valence-corrected chi connectivity index (χ4v) is 2.17. The van der Waals surface area contributed by atoms with Gasteiger partial charge in [0.1, 0.15) is 18.2 Å². The Kier molecular flexibility index (Phi) is 3.96. The van der Waals surface area contributed by atoms with Gasteiger partial charge in [-0.3, -0.25) is 0 Å². The Labute approximate surface area is 117 Å². The summed E-state index contributed by atoms with van der Waals surface area (Å²) in [6.07, 6.45) is 0. The van der Waals surface area contributed by atoms with Crippen molar-refractivity contribution in [2.75, 3.05) is 5.73 Å². The topological polar surface area (TPSA) is 35.2 Å². The van der Waals surface area contributed by atoms with Crippen LogP contribution in [0.2, 0.25) is 5.02 Å². The van der Waals surface area contributed by atoms with Crippen LogP contribution in [-0.2, 0) is 6.61 Å². The molecule has 0 aliphatic heterocycles. The van der Waals surface area contributed by atoms with E-state index in [0.29, 0.717) is 18.0 Å². The van der Waals surface area contributed by atoms with Crippen molar-refractivity contribution in [3.8, 4) is 5.75 Å².